The molecule has 3 aromatic rings. The van der Waals surface area contributed by atoms with Gasteiger partial charge >= 0.3 is 11.6 Å². The van der Waals surface area contributed by atoms with Crippen molar-refractivity contribution >= 4 is 22.8 Å². The van der Waals surface area contributed by atoms with E-state index in [1.54, 1.807) is 30.3 Å². The molecule has 1 amide bonds. The summed E-state index contributed by atoms with van der Waals surface area (Å²) in [5, 5.41) is 3.22. The minimum atomic E-state index is -0.592. The van der Waals surface area contributed by atoms with Gasteiger partial charge < -0.3 is 14.5 Å². The van der Waals surface area contributed by atoms with Crippen LogP contribution in [0.3, 0.4) is 0 Å². The number of benzene rings is 2. The Hall–Kier alpha value is -3.41. The van der Waals surface area contributed by atoms with Gasteiger partial charge in [0, 0.05) is 22.6 Å². The minimum Gasteiger partial charge on any atom is -0.459 e. The van der Waals surface area contributed by atoms with E-state index in [2.05, 4.69) is 5.32 Å². The van der Waals surface area contributed by atoms with Gasteiger partial charge in [0.25, 0.3) is 5.91 Å². The number of aryl methyl sites for hydroxylation is 1. The lowest BCUT2D eigenvalue weighted by molar-refractivity contribution is -0.143. The van der Waals surface area contributed by atoms with Gasteiger partial charge in [-0.05, 0) is 30.2 Å². The van der Waals surface area contributed by atoms with Gasteiger partial charge in [-0.3, -0.25) is 9.59 Å². The van der Waals surface area contributed by atoms with Crippen molar-refractivity contribution in [1.82, 2.24) is 5.32 Å². The van der Waals surface area contributed by atoms with Crippen LogP contribution in [0.1, 0.15) is 28.4 Å². The van der Waals surface area contributed by atoms with Gasteiger partial charge in [-0.2, -0.15) is 0 Å². The highest BCUT2D eigenvalue weighted by Gasteiger charge is 2.11. The second kappa shape index (κ2) is 8.31. The summed E-state index contributed by atoms with van der Waals surface area (Å²) in [4.78, 5) is 35.6. The summed E-state index contributed by atoms with van der Waals surface area (Å²) >= 11 is 0. The maximum absolute atomic E-state index is 11.9. The van der Waals surface area contributed by atoms with E-state index in [0.29, 0.717) is 22.1 Å². The fourth-order valence-corrected chi connectivity index (χ4v) is 2.67. The molecule has 0 spiro atoms. The normalized spacial score (nSPS) is 10.6. The number of hydrogen-bond donors (Lipinski definition) is 1. The van der Waals surface area contributed by atoms with Gasteiger partial charge in [-0.25, -0.2) is 4.79 Å². The molecule has 138 valence electrons. The lowest BCUT2D eigenvalue weighted by Gasteiger charge is -2.09. The molecule has 1 aromatic heterocycles. The first-order valence-electron chi connectivity index (χ1n) is 8.61. The topological polar surface area (TPSA) is 85.6 Å². The predicted octanol–water partition coefficient (Wildman–Crippen LogP) is 2.83. The van der Waals surface area contributed by atoms with Crippen molar-refractivity contribution in [1.29, 1.82) is 0 Å². The summed E-state index contributed by atoms with van der Waals surface area (Å²) in [5.41, 5.74) is 2.03. The number of amides is 1. The zero-order valence-corrected chi connectivity index (χ0v) is 14.9. The van der Waals surface area contributed by atoms with Crippen LogP contribution in [-0.2, 0) is 22.6 Å². The first-order valence-corrected chi connectivity index (χ1v) is 8.61. The largest absolute Gasteiger partial charge is 0.459 e. The van der Waals surface area contributed by atoms with Crippen LogP contribution in [0.4, 0.5) is 0 Å². The van der Waals surface area contributed by atoms with E-state index in [-0.39, 0.29) is 19.1 Å². The van der Waals surface area contributed by atoms with Crippen LogP contribution in [0.5, 0.6) is 0 Å². The smallest absolute Gasteiger partial charge is 0.336 e. The number of ether oxygens (including phenoxy) is 1. The summed E-state index contributed by atoms with van der Waals surface area (Å²) in [7, 11) is 0. The van der Waals surface area contributed by atoms with Crippen molar-refractivity contribution in [3.63, 3.8) is 0 Å². The lowest BCUT2D eigenvalue weighted by Crippen LogP contribution is -2.30. The number of carbonyl (C=O) groups is 2. The third-order valence-electron chi connectivity index (χ3n) is 4.12. The van der Waals surface area contributed by atoms with Crippen LogP contribution in [0.2, 0.25) is 0 Å². The van der Waals surface area contributed by atoms with E-state index in [9.17, 15) is 14.4 Å². The third-order valence-corrected chi connectivity index (χ3v) is 4.12. The molecule has 0 aliphatic rings. The molecule has 1 N–H and O–H groups in total. The van der Waals surface area contributed by atoms with Crippen LogP contribution >= 0.6 is 0 Å². The van der Waals surface area contributed by atoms with Crippen molar-refractivity contribution in [2.24, 2.45) is 0 Å². The fourth-order valence-electron chi connectivity index (χ4n) is 2.67. The third kappa shape index (κ3) is 4.61. The zero-order valence-electron chi connectivity index (χ0n) is 14.9. The highest BCUT2D eigenvalue weighted by Crippen LogP contribution is 2.19. The number of rotatable bonds is 6. The van der Waals surface area contributed by atoms with Crippen LogP contribution in [-0.4, -0.2) is 18.4 Å². The second-order valence-corrected chi connectivity index (χ2v) is 5.98. The van der Waals surface area contributed by atoms with E-state index in [4.69, 9.17) is 9.15 Å². The standard InChI is InChI=1S/C21H19NO5/c1-2-14-8-9-17-16(11-19(23)27-18(17)10-14)13-26-20(24)12-22-21(25)15-6-4-3-5-7-15/h3-11H,2,12-13H2,1H3,(H,22,25). The minimum absolute atomic E-state index is 0.0758. The van der Waals surface area contributed by atoms with E-state index in [1.807, 2.05) is 25.1 Å². The number of fused-ring (bicyclic) bond motifs is 1. The molecule has 6 heteroatoms. The summed E-state index contributed by atoms with van der Waals surface area (Å²) in [5.74, 6) is -0.948. The number of esters is 1. The Bertz CT molecular complexity index is 1020. The van der Waals surface area contributed by atoms with Crippen LogP contribution in [0.25, 0.3) is 11.0 Å². The average Bonchev–Trinajstić information content (AvgIpc) is 2.70. The highest BCUT2D eigenvalue weighted by molar-refractivity contribution is 5.95. The number of hydrogen-bond acceptors (Lipinski definition) is 5. The Morgan fingerprint density at radius 1 is 1.07 bits per heavy atom. The number of nitrogens with one attached hydrogen (secondary N) is 1. The van der Waals surface area contributed by atoms with Crippen LogP contribution < -0.4 is 10.9 Å². The van der Waals surface area contributed by atoms with Gasteiger partial charge in [-0.15, -0.1) is 0 Å². The molecule has 0 unspecified atom stereocenters. The number of carbonyl (C=O) groups excluding carboxylic acids is 2. The van der Waals surface area contributed by atoms with Crippen LogP contribution in [0, 0.1) is 0 Å². The van der Waals surface area contributed by atoms with E-state index >= 15 is 0 Å². The van der Waals surface area contributed by atoms with Crippen molar-refractivity contribution in [3.05, 3.63) is 81.7 Å². The first-order chi connectivity index (χ1) is 13.1. The van der Waals surface area contributed by atoms with Gasteiger partial charge in [0.15, 0.2) is 0 Å². The molecule has 0 saturated carbocycles. The van der Waals surface area contributed by atoms with Crippen molar-refractivity contribution < 1.29 is 18.7 Å². The molecule has 0 bridgehead atoms. The predicted molar refractivity (Wildman–Crippen MR) is 100 cm³/mol. The van der Waals surface area contributed by atoms with Gasteiger partial charge in [0.2, 0.25) is 0 Å². The molecule has 0 aliphatic carbocycles. The zero-order chi connectivity index (χ0) is 19.2. The van der Waals surface area contributed by atoms with E-state index < -0.39 is 11.6 Å². The Morgan fingerprint density at radius 3 is 2.59 bits per heavy atom. The van der Waals surface area contributed by atoms with Crippen LogP contribution in [0.15, 0.2) is 63.8 Å². The average molecular weight is 365 g/mol. The SMILES string of the molecule is CCc1ccc2c(COC(=O)CNC(=O)c3ccccc3)cc(=O)oc2c1. The molecular formula is C21H19NO5. The maximum Gasteiger partial charge on any atom is 0.336 e. The van der Waals surface area contributed by atoms with Gasteiger partial charge in [0.1, 0.15) is 18.7 Å². The van der Waals surface area contributed by atoms with E-state index in [0.717, 1.165) is 12.0 Å². The maximum atomic E-state index is 11.9. The van der Waals surface area contributed by atoms with Gasteiger partial charge in [-0.1, -0.05) is 37.3 Å². The fraction of sp³-hybridized carbons (Fsp3) is 0.190. The molecule has 0 radical (unpaired) electrons. The Morgan fingerprint density at radius 2 is 1.85 bits per heavy atom. The molecule has 1 heterocycles. The molecule has 0 atom stereocenters. The first kappa shape index (κ1) is 18.4. The summed E-state index contributed by atoms with van der Waals surface area (Å²) in [6.07, 6.45) is 0.819. The molecule has 3 rings (SSSR count). The monoisotopic (exact) mass is 365 g/mol. The summed E-state index contributed by atoms with van der Waals surface area (Å²) in [6, 6.07) is 15.5. The Balaban J connectivity index is 1.63. The molecule has 6 nitrogen and oxygen atoms in total. The summed E-state index contributed by atoms with van der Waals surface area (Å²) in [6.45, 7) is 1.68. The lowest BCUT2D eigenvalue weighted by atomic mass is 10.1. The molecule has 2 aromatic carbocycles. The second-order valence-electron chi connectivity index (χ2n) is 5.98. The van der Waals surface area contributed by atoms with Crippen molar-refractivity contribution in [2.75, 3.05) is 6.54 Å². The quantitative estimate of drug-likeness (QED) is 0.536. The Kier molecular flexibility index (Phi) is 5.66. The van der Waals surface area contributed by atoms with Crippen molar-refractivity contribution in [3.8, 4) is 0 Å². The molecule has 0 saturated heterocycles. The molecular weight excluding hydrogens is 346 g/mol. The molecule has 0 aliphatic heterocycles. The van der Waals surface area contributed by atoms with Gasteiger partial charge in [0.05, 0.1) is 0 Å². The summed E-state index contributed by atoms with van der Waals surface area (Å²) < 4.78 is 10.4. The Labute approximate surface area is 155 Å². The van der Waals surface area contributed by atoms with Crippen molar-refractivity contribution in [2.45, 2.75) is 20.0 Å². The molecule has 27 heavy (non-hydrogen) atoms. The van der Waals surface area contributed by atoms with E-state index in [1.165, 1.54) is 6.07 Å². The highest BCUT2D eigenvalue weighted by atomic mass is 16.5. The molecule has 0 fully saturated rings.